The third kappa shape index (κ3) is 3.97. The van der Waals surface area contributed by atoms with Gasteiger partial charge >= 0.3 is 5.97 Å². The molecule has 0 spiro atoms. The summed E-state index contributed by atoms with van der Waals surface area (Å²) in [7, 11) is 0. The van der Waals surface area contributed by atoms with Crippen molar-refractivity contribution in [1.29, 1.82) is 0 Å². The predicted octanol–water partition coefficient (Wildman–Crippen LogP) is 4.14. The highest BCUT2D eigenvalue weighted by molar-refractivity contribution is 5.72. The number of aryl methyl sites for hydroxylation is 3. The van der Waals surface area contributed by atoms with Gasteiger partial charge in [-0.15, -0.1) is 0 Å². The first-order chi connectivity index (χ1) is 10.2. The van der Waals surface area contributed by atoms with E-state index in [0.717, 1.165) is 16.9 Å². The number of carbonyl (C=O) groups is 1. The maximum atomic E-state index is 12.1. The molecule has 22 heavy (non-hydrogen) atoms. The van der Waals surface area contributed by atoms with Crippen LogP contribution in [0.2, 0.25) is 0 Å². The molecule has 0 amide bonds. The number of ether oxygens (including phenoxy) is 1. The highest BCUT2D eigenvalue weighted by Crippen LogP contribution is 2.25. The quantitative estimate of drug-likeness (QED) is 0.800. The molecule has 0 saturated heterocycles. The molecule has 0 aliphatic rings. The fraction of sp³-hybridized carbons (Fsp3) is 0.444. The van der Waals surface area contributed by atoms with Gasteiger partial charge in [-0.1, -0.05) is 38.5 Å². The number of carbonyl (C=O) groups excluding carboxylic acids is 1. The molecule has 0 fully saturated rings. The minimum Gasteiger partial charge on any atom is -0.407 e. The molecule has 1 heterocycles. The van der Waals surface area contributed by atoms with E-state index in [4.69, 9.17) is 4.74 Å². The number of nitrogens with zero attached hydrogens (tertiary/aromatic N) is 2. The highest BCUT2D eigenvalue weighted by Gasteiger charge is 2.20. The number of esters is 1. The Labute approximate surface area is 132 Å². The molecule has 1 aromatic heterocycles. The van der Waals surface area contributed by atoms with Crippen molar-refractivity contribution in [2.24, 2.45) is 5.41 Å². The average molecular weight is 300 g/mol. The van der Waals surface area contributed by atoms with Crippen LogP contribution in [0.1, 0.15) is 44.0 Å². The molecule has 1 aromatic carbocycles. The molecule has 0 N–H and O–H groups in total. The van der Waals surface area contributed by atoms with E-state index in [-0.39, 0.29) is 11.4 Å². The summed E-state index contributed by atoms with van der Waals surface area (Å²) in [4.78, 5) is 12.1. The van der Waals surface area contributed by atoms with Crippen LogP contribution in [-0.4, -0.2) is 15.7 Å². The van der Waals surface area contributed by atoms with E-state index >= 15 is 0 Å². The zero-order chi connectivity index (χ0) is 16.5. The molecule has 4 nitrogen and oxygen atoms in total. The summed E-state index contributed by atoms with van der Waals surface area (Å²) in [5, 5.41) is 4.46. The zero-order valence-corrected chi connectivity index (χ0v) is 14.2. The molecule has 0 unspecified atom stereocenters. The Morgan fingerprint density at radius 2 is 1.86 bits per heavy atom. The summed E-state index contributed by atoms with van der Waals surface area (Å²) in [6.07, 6.45) is 0.365. The van der Waals surface area contributed by atoms with E-state index in [2.05, 4.69) is 18.1 Å². The number of rotatable bonds is 3. The molecule has 2 rings (SSSR count). The molecule has 0 radical (unpaired) electrons. The Bertz CT molecular complexity index is 694. The maximum Gasteiger partial charge on any atom is 0.313 e. The Balaban J connectivity index is 2.33. The van der Waals surface area contributed by atoms with E-state index in [1.165, 1.54) is 5.56 Å². The number of aromatic nitrogens is 2. The summed E-state index contributed by atoms with van der Waals surface area (Å²) in [6.45, 7) is 12.0. The van der Waals surface area contributed by atoms with Crippen LogP contribution < -0.4 is 4.74 Å². The van der Waals surface area contributed by atoms with Crippen molar-refractivity contribution in [3.63, 3.8) is 0 Å². The lowest BCUT2D eigenvalue weighted by atomic mass is 9.92. The predicted molar refractivity (Wildman–Crippen MR) is 87.5 cm³/mol. The van der Waals surface area contributed by atoms with Gasteiger partial charge in [0.15, 0.2) is 0 Å². The number of hydrogen-bond acceptors (Lipinski definition) is 3. The Morgan fingerprint density at radius 1 is 1.18 bits per heavy atom. The smallest absolute Gasteiger partial charge is 0.313 e. The van der Waals surface area contributed by atoms with Gasteiger partial charge < -0.3 is 4.74 Å². The third-order valence-corrected chi connectivity index (χ3v) is 3.27. The normalized spacial score (nSPS) is 11.5. The Kier molecular flexibility index (Phi) is 4.40. The second-order valence-corrected chi connectivity index (χ2v) is 7.04. The minimum atomic E-state index is -0.238. The van der Waals surface area contributed by atoms with Gasteiger partial charge in [-0.25, -0.2) is 4.68 Å². The molecular weight excluding hydrogens is 276 g/mol. The van der Waals surface area contributed by atoms with Gasteiger partial charge in [0.1, 0.15) is 0 Å². The van der Waals surface area contributed by atoms with Crippen LogP contribution >= 0.6 is 0 Å². The van der Waals surface area contributed by atoms with Crippen molar-refractivity contribution in [2.75, 3.05) is 0 Å². The van der Waals surface area contributed by atoms with Gasteiger partial charge in [0.05, 0.1) is 17.8 Å². The van der Waals surface area contributed by atoms with Gasteiger partial charge in [-0.2, -0.15) is 5.10 Å². The van der Waals surface area contributed by atoms with Crippen molar-refractivity contribution >= 4 is 5.97 Å². The standard InChI is InChI=1S/C18H24N2O2/c1-12-7-8-15(13(2)9-12)20-16(10-14(3)19-20)22-17(21)11-18(4,5)6/h7-10H,11H2,1-6H3. The van der Waals surface area contributed by atoms with E-state index in [9.17, 15) is 4.79 Å². The van der Waals surface area contributed by atoms with Crippen LogP contribution in [0.25, 0.3) is 5.69 Å². The number of benzene rings is 1. The molecule has 118 valence electrons. The van der Waals surface area contributed by atoms with Crippen LogP contribution in [-0.2, 0) is 4.79 Å². The summed E-state index contributed by atoms with van der Waals surface area (Å²) in [6, 6.07) is 7.91. The van der Waals surface area contributed by atoms with E-state index < -0.39 is 0 Å². The van der Waals surface area contributed by atoms with Gasteiger partial charge in [0.2, 0.25) is 5.88 Å². The summed E-state index contributed by atoms with van der Waals surface area (Å²) in [5.41, 5.74) is 3.93. The summed E-state index contributed by atoms with van der Waals surface area (Å²) < 4.78 is 7.24. The molecule has 4 heteroatoms. The van der Waals surface area contributed by atoms with Gasteiger partial charge in [-0.05, 0) is 37.8 Å². The zero-order valence-electron chi connectivity index (χ0n) is 14.2. The lowest BCUT2D eigenvalue weighted by molar-refractivity contribution is -0.136. The molecule has 0 bridgehead atoms. The first-order valence-electron chi connectivity index (χ1n) is 7.51. The van der Waals surface area contributed by atoms with E-state index in [1.54, 1.807) is 10.7 Å². The molecule has 0 saturated carbocycles. The molecule has 2 aromatic rings. The molecular formula is C18H24N2O2. The van der Waals surface area contributed by atoms with Crippen molar-refractivity contribution in [2.45, 2.75) is 48.0 Å². The number of hydrogen-bond donors (Lipinski definition) is 0. The van der Waals surface area contributed by atoms with E-state index in [1.807, 2.05) is 46.8 Å². The molecule has 0 atom stereocenters. The first kappa shape index (κ1) is 16.3. The minimum absolute atomic E-state index is 0.100. The van der Waals surface area contributed by atoms with Crippen LogP contribution in [0.15, 0.2) is 24.3 Å². The maximum absolute atomic E-state index is 12.1. The van der Waals surface area contributed by atoms with Crippen LogP contribution in [0, 0.1) is 26.2 Å². The first-order valence-corrected chi connectivity index (χ1v) is 7.51. The lowest BCUT2D eigenvalue weighted by Crippen LogP contribution is -2.19. The van der Waals surface area contributed by atoms with Gasteiger partial charge in [-0.3, -0.25) is 4.79 Å². The molecule has 0 aliphatic heterocycles. The van der Waals surface area contributed by atoms with Crippen LogP contribution in [0.5, 0.6) is 5.88 Å². The fourth-order valence-corrected chi connectivity index (χ4v) is 2.35. The van der Waals surface area contributed by atoms with Crippen LogP contribution in [0.3, 0.4) is 0 Å². The lowest BCUT2D eigenvalue weighted by Gasteiger charge is -2.17. The SMILES string of the molecule is Cc1ccc(-n2nc(C)cc2OC(=O)CC(C)(C)C)c(C)c1. The summed E-state index contributed by atoms with van der Waals surface area (Å²) in [5.74, 6) is 0.233. The molecule has 0 aliphatic carbocycles. The monoisotopic (exact) mass is 300 g/mol. The van der Waals surface area contributed by atoms with Crippen molar-refractivity contribution in [1.82, 2.24) is 9.78 Å². The van der Waals surface area contributed by atoms with Crippen molar-refractivity contribution in [3.05, 3.63) is 41.1 Å². The Hall–Kier alpha value is -2.10. The second-order valence-electron chi connectivity index (χ2n) is 7.04. The van der Waals surface area contributed by atoms with Gasteiger partial charge in [0.25, 0.3) is 0 Å². The largest absolute Gasteiger partial charge is 0.407 e. The van der Waals surface area contributed by atoms with Crippen molar-refractivity contribution < 1.29 is 9.53 Å². The third-order valence-electron chi connectivity index (χ3n) is 3.27. The summed E-state index contributed by atoms with van der Waals surface area (Å²) >= 11 is 0. The Morgan fingerprint density at radius 3 is 2.45 bits per heavy atom. The average Bonchev–Trinajstić information content (AvgIpc) is 2.67. The fourth-order valence-electron chi connectivity index (χ4n) is 2.35. The van der Waals surface area contributed by atoms with Crippen LogP contribution in [0.4, 0.5) is 0 Å². The topological polar surface area (TPSA) is 44.1 Å². The second kappa shape index (κ2) is 5.95. The van der Waals surface area contributed by atoms with E-state index in [0.29, 0.717) is 12.3 Å². The van der Waals surface area contributed by atoms with Gasteiger partial charge in [0, 0.05) is 6.07 Å². The van der Waals surface area contributed by atoms with Crippen molar-refractivity contribution in [3.8, 4) is 11.6 Å². The highest BCUT2D eigenvalue weighted by atomic mass is 16.5.